The molecule has 3 aromatic rings. The Balaban J connectivity index is 1.80. The highest BCUT2D eigenvalue weighted by atomic mass is 32.2. The van der Waals surface area contributed by atoms with Gasteiger partial charge < -0.3 is 9.88 Å². The van der Waals surface area contributed by atoms with Crippen molar-refractivity contribution in [1.82, 2.24) is 14.9 Å². The molecule has 0 fully saturated rings. The average molecular weight is 369 g/mol. The number of amides is 1. The van der Waals surface area contributed by atoms with Gasteiger partial charge in [0.05, 0.1) is 5.25 Å². The molecule has 6 heteroatoms. The van der Waals surface area contributed by atoms with E-state index in [1.54, 1.807) is 18.3 Å². The highest BCUT2D eigenvalue weighted by molar-refractivity contribution is 8.00. The summed E-state index contributed by atoms with van der Waals surface area (Å²) in [4.78, 5) is 18.2. The van der Waals surface area contributed by atoms with Crippen molar-refractivity contribution in [2.24, 2.45) is 7.05 Å². The van der Waals surface area contributed by atoms with E-state index in [0.717, 1.165) is 10.5 Å². The summed E-state index contributed by atoms with van der Waals surface area (Å²) in [5, 5.41) is 2.77. The van der Waals surface area contributed by atoms with Crippen molar-refractivity contribution >= 4 is 17.7 Å². The molecule has 1 amide bonds. The lowest BCUT2D eigenvalue weighted by atomic mass is 10.1. The SMILES string of the molecule is CC(Sc1ccccc1)C(=O)NC(c1ccc(F)cc1)c1nccn1C. The zero-order valence-corrected chi connectivity index (χ0v) is 15.4. The van der Waals surface area contributed by atoms with Gasteiger partial charge in [0.1, 0.15) is 17.7 Å². The van der Waals surface area contributed by atoms with Gasteiger partial charge in [-0.2, -0.15) is 0 Å². The zero-order chi connectivity index (χ0) is 18.5. The molecule has 1 N–H and O–H groups in total. The minimum atomic E-state index is -0.443. The number of hydrogen-bond acceptors (Lipinski definition) is 3. The number of halogens is 1. The molecule has 26 heavy (non-hydrogen) atoms. The Bertz CT molecular complexity index is 864. The Labute approximate surface area is 156 Å². The van der Waals surface area contributed by atoms with Gasteiger partial charge in [0.15, 0.2) is 0 Å². The number of hydrogen-bond donors (Lipinski definition) is 1. The minimum Gasteiger partial charge on any atom is -0.341 e. The third kappa shape index (κ3) is 4.32. The van der Waals surface area contributed by atoms with Crippen molar-refractivity contribution < 1.29 is 9.18 Å². The third-order valence-corrected chi connectivity index (χ3v) is 5.14. The molecule has 2 aromatic carbocycles. The van der Waals surface area contributed by atoms with E-state index >= 15 is 0 Å². The molecule has 4 nitrogen and oxygen atoms in total. The first kappa shape index (κ1) is 18.2. The normalized spacial score (nSPS) is 13.2. The van der Waals surface area contributed by atoms with Crippen molar-refractivity contribution in [3.63, 3.8) is 0 Å². The number of carbonyl (C=O) groups is 1. The number of thioether (sulfide) groups is 1. The molecule has 2 atom stereocenters. The van der Waals surface area contributed by atoms with E-state index in [1.165, 1.54) is 23.9 Å². The van der Waals surface area contributed by atoms with Crippen molar-refractivity contribution in [1.29, 1.82) is 0 Å². The lowest BCUT2D eigenvalue weighted by Crippen LogP contribution is -2.36. The van der Waals surface area contributed by atoms with Gasteiger partial charge in [-0.1, -0.05) is 30.3 Å². The average Bonchev–Trinajstić information content (AvgIpc) is 3.07. The molecular weight excluding hydrogens is 349 g/mol. The summed E-state index contributed by atoms with van der Waals surface area (Å²) in [7, 11) is 1.87. The quantitative estimate of drug-likeness (QED) is 0.670. The van der Waals surface area contributed by atoms with Crippen LogP contribution >= 0.6 is 11.8 Å². The molecule has 0 saturated carbocycles. The van der Waals surface area contributed by atoms with Gasteiger partial charge in [0, 0.05) is 24.3 Å². The highest BCUT2D eigenvalue weighted by Gasteiger charge is 2.24. The topological polar surface area (TPSA) is 46.9 Å². The van der Waals surface area contributed by atoms with E-state index in [-0.39, 0.29) is 17.0 Å². The Hall–Kier alpha value is -2.60. The second-order valence-electron chi connectivity index (χ2n) is 5.96. The molecule has 0 aliphatic rings. The molecule has 1 aromatic heterocycles. The first-order valence-electron chi connectivity index (χ1n) is 8.29. The van der Waals surface area contributed by atoms with E-state index in [4.69, 9.17) is 0 Å². The molecule has 2 unspecified atom stereocenters. The van der Waals surface area contributed by atoms with Gasteiger partial charge in [-0.15, -0.1) is 11.8 Å². The summed E-state index contributed by atoms with van der Waals surface area (Å²) in [6, 6.07) is 15.5. The molecule has 0 aliphatic heterocycles. The van der Waals surface area contributed by atoms with E-state index in [2.05, 4.69) is 10.3 Å². The fraction of sp³-hybridized carbons (Fsp3) is 0.200. The number of imidazole rings is 1. The van der Waals surface area contributed by atoms with Crippen LogP contribution in [-0.4, -0.2) is 20.7 Å². The zero-order valence-electron chi connectivity index (χ0n) is 14.6. The summed E-state index contributed by atoms with van der Waals surface area (Å²) in [5.74, 6) is 0.282. The molecule has 0 radical (unpaired) electrons. The number of carbonyl (C=O) groups excluding carboxylic acids is 1. The number of aromatic nitrogens is 2. The van der Waals surface area contributed by atoms with Crippen molar-refractivity contribution in [3.8, 4) is 0 Å². The molecule has 0 bridgehead atoms. The highest BCUT2D eigenvalue weighted by Crippen LogP contribution is 2.25. The van der Waals surface area contributed by atoms with Gasteiger partial charge in [-0.3, -0.25) is 4.79 Å². The van der Waals surface area contributed by atoms with Crippen LogP contribution in [0.1, 0.15) is 24.4 Å². The molecule has 134 valence electrons. The standard InChI is InChI=1S/C20H20FN3OS/c1-14(26-17-6-4-3-5-7-17)20(25)23-18(19-22-12-13-24(19)2)15-8-10-16(21)11-9-15/h3-14,18H,1-2H3,(H,23,25). The minimum absolute atomic E-state index is 0.101. The van der Waals surface area contributed by atoms with Gasteiger partial charge in [0.25, 0.3) is 0 Å². The van der Waals surface area contributed by atoms with E-state index in [1.807, 2.05) is 55.1 Å². The van der Waals surface area contributed by atoms with Crippen LogP contribution in [-0.2, 0) is 11.8 Å². The van der Waals surface area contributed by atoms with Crippen LogP contribution in [0, 0.1) is 5.82 Å². The van der Waals surface area contributed by atoms with Gasteiger partial charge in [-0.05, 0) is 36.8 Å². The first-order chi connectivity index (χ1) is 12.5. The van der Waals surface area contributed by atoms with E-state index in [9.17, 15) is 9.18 Å². The second kappa shape index (κ2) is 8.19. The van der Waals surface area contributed by atoms with Crippen LogP contribution in [0.25, 0.3) is 0 Å². The molecule has 0 saturated heterocycles. The maximum Gasteiger partial charge on any atom is 0.234 e. The maximum atomic E-state index is 13.3. The monoisotopic (exact) mass is 369 g/mol. The van der Waals surface area contributed by atoms with Gasteiger partial charge in [0.2, 0.25) is 5.91 Å². The Morgan fingerprint density at radius 2 is 1.85 bits per heavy atom. The Morgan fingerprint density at radius 3 is 2.46 bits per heavy atom. The second-order valence-corrected chi connectivity index (χ2v) is 7.38. The summed E-state index contributed by atoms with van der Waals surface area (Å²) < 4.78 is 15.1. The number of nitrogens with one attached hydrogen (secondary N) is 1. The van der Waals surface area contributed by atoms with Crippen molar-refractivity contribution in [2.45, 2.75) is 23.1 Å². The number of rotatable bonds is 6. The first-order valence-corrected chi connectivity index (χ1v) is 9.17. The third-order valence-electron chi connectivity index (χ3n) is 4.03. The Morgan fingerprint density at radius 1 is 1.15 bits per heavy atom. The molecule has 3 rings (SSSR count). The lowest BCUT2D eigenvalue weighted by molar-refractivity contribution is -0.120. The predicted molar refractivity (Wildman–Crippen MR) is 101 cm³/mol. The molecule has 0 spiro atoms. The fourth-order valence-corrected chi connectivity index (χ4v) is 3.52. The summed E-state index contributed by atoms with van der Waals surface area (Å²) in [6.45, 7) is 1.87. The molecule has 1 heterocycles. The summed E-state index contributed by atoms with van der Waals surface area (Å²) in [5.41, 5.74) is 0.783. The number of nitrogens with zero attached hydrogens (tertiary/aromatic N) is 2. The Kier molecular flexibility index (Phi) is 5.73. The van der Waals surface area contributed by atoms with Gasteiger partial charge >= 0.3 is 0 Å². The smallest absolute Gasteiger partial charge is 0.234 e. The van der Waals surface area contributed by atoms with E-state index < -0.39 is 6.04 Å². The maximum absolute atomic E-state index is 13.3. The van der Waals surface area contributed by atoms with Crippen LogP contribution in [0.5, 0.6) is 0 Å². The van der Waals surface area contributed by atoms with Crippen LogP contribution in [0.4, 0.5) is 4.39 Å². The van der Waals surface area contributed by atoms with E-state index in [0.29, 0.717) is 5.82 Å². The predicted octanol–water partition coefficient (Wildman–Crippen LogP) is 3.95. The van der Waals surface area contributed by atoms with Crippen LogP contribution in [0.2, 0.25) is 0 Å². The molecular formula is C20H20FN3OS. The number of aryl methyl sites for hydroxylation is 1. The van der Waals surface area contributed by atoms with Crippen LogP contribution in [0.15, 0.2) is 71.9 Å². The fourth-order valence-electron chi connectivity index (χ4n) is 2.62. The summed E-state index contributed by atoms with van der Waals surface area (Å²) >= 11 is 1.49. The van der Waals surface area contributed by atoms with Crippen LogP contribution < -0.4 is 5.32 Å². The number of benzene rings is 2. The van der Waals surface area contributed by atoms with Crippen molar-refractivity contribution in [3.05, 3.63) is 84.2 Å². The summed E-state index contributed by atoms with van der Waals surface area (Å²) in [6.07, 6.45) is 3.50. The van der Waals surface area contributed by atoms with Gasteiger partial charge in [-0.25, -0.2) is 9.37 Å². The lowest BCUT2D eigenvalue weighted by Gasteiger charge is -2.21. The van der Waals surface area contributed by atoms with Crippen molar-refractivity contribution in [2.75, 3.05) is 0 Å². The largest absolute Gasteiger partial charge is 0.341 e. The van der Waals surface area contributed by atoms with Crippen LogP contribution in [0.3, 0.4) is 0 Å². The molecule has 0 aliphatic carbocycles.